The summed E-state index contributed by atoms with van der Waals surface area (Å²) in [4.78, 5) is 17.3. The van der Waals surface area contributed by atoms with Crippen molar-refractivity contribution in [3.63, 3.8) is 0 Å². The van der Waals surface area contributed by atoms with E-state index in [-0.39, 0.29) is 17.2 Å². The van der Waals surface area contributed by atoms with E-state index >= 15 is 0 Å². The lowest BCUT2D eigenvalue weighted by molar-refractivity contribution is -0.116. The third-order valence-corrected chi connectivity index (χ3v) is 5.81. The molecular formula is C25H25Cl2N3O. The van der Waals surface area contributed by atoms with E-state index in [1.165, 1.54) is 0 Å². The van der Waals surface area contributed by atoms with Gasteiger partial charge in [0.15, 0.2) is 0 Å². The molecule has 0 saturated carbocycles. The van der Waals surface area contributed by atoms with Crippen LogP contribution >= 0.6 is 23.2 Å². The Hall–Kier alpha value is -2.66. The van der Waals surface area contributed by atoms with E-state index in [0.29, 0.717) is 25.0 Å². The van der Waals surface area contributed by atoms with E-state index in [4.69, 9.17) is 28.9 Å². The summed E-state index contributed by atoms with van der Waals surface area (Å²) in [6.45, 7) is 4.04. The highest BCUT2D eigenvalue weighted by atomic mass is 35.5. The molecular weight excluding hydrogens is 429 g/mol. The number of halogens is 2. The Morgan fingerprint density at radius 1 is 1.26 bits per heavy atom. The van der Waals surface area contributed by atoms with Gasteiger partial charge in [0, 0.05) is 35.8 Å². The molecule has 3 rings (SSSR count). The van der Waals surface area contributed by atoms with Gasteiger partial charge in [-0.25, -0.2) is 0 Å². The van der Waals surface area contributed by atoms with Gasteiger partial charge >= 0.3 is 0 Å². The molecule has 4 nitrogen and oxygen atoms in total. The van der Waals surface area contributed by atoms with E-state index in [0.717, 1.165) is 33.3 Å². The van der Waals surface area contributed by atoms with Crippen LogP contribution in [0.15, 0.2) is 90.3 Å². The molecule has 1 aliphatic carbocycles. The number of nitrogens with two attached hydrogens (primary N) is 1. The number of carbonyl (C=O) groups is 1. The molecule has 1 aromatic carbocycles. The van der Waals surface area contributed by atoms with E-state index in [2.05, 4.69) is 22.9 Å². The minimum atomic E-state index is -0.246. The molecule has 0 spiro atoms. The van der Waals surface area contributed by atoms with Crippen LogP contribution in [0.2, 0.25) is 0 Å². The summed E-state index contributed by atoms with van der Waals surface area (Å²) in [5.41, 5.74) is 9.53. The minimum Gasteiger partial charge on any atom is -0.326 e. The number of allylic oxidation sites excluding steroid dienone is 5. The summed E-state index contributed by atoms with van der Waals surface area (Å²) in [5.74, 6) is -0.159. The van der Waals surface area contributed by atoms with Crippen LogP contribution in [-0.2, 0) is 4.79 Å². The zero-order chi connectivity index (χ0) is 22.2. The molecule has 6 heteroatoms. The number of amides is 1. The van der Waals surface area contributed by atoms with Crippen LogP contribution in [0.25, 0.3) is 16.3 Å². The Morgan fingerprint density at radius 2 is 2.06 bits per heavy atom. The Kier molecular flexibility index (Phi) is 8.24. The predicted molar refractivity (Wildman–Crippen MR) is 131 cm³/mol. The molecule has 1 amide bonds. The third kappa shape index (κ3) is 5.73. The number of pyridine rings is 1. The van der Waals surface area contributed by atoms with E-state index in [1.807, 2.05) is 36.4 Å². The van der Waals surface area contributed by atoms with Crippen LogP contribution in [0.3, 0.4) is 0 Å². The molecule has 1 aromatic heterocycles. The van der Waals surface area contributed by atoms with Gasteiger partial charge in [-0.1, -0.05) is 61.2 Å². The van der Waals surface area contributed by atoms with Crippen LogP contribution in [0, 0.1) is 0 Å². The van der Waals surface area contributed by atoms with Gasteiger partial charge in [0.2, 0.25) is 0 Å². The van der Waals surface area contributed by atoms with Gasteiger partial charge in [-0.15, -0.1) is 23.2 Å². The number of alkyl halides is 2. The van der Waals surface area contributed by atoms with Gasteiger partial charge in [0.25, 0.3) is 5.91 Å². The third-order valence-electron chi connectivity index (χ3n) is 5.10. The highest BCUT2D eigenvalue weighted by molar-refractivity contribution is 6.27. The maximum Gasteiger partial charge on any atom is 0.252 e. The molecule has 1 heterocycles. The van der Waals surface area contributed by atoms with Crippen molar-refractivity contribution in [2.75, 3.05) is 12.4 Å². The Morgan fingerprint density at radius 3 is 2.81 bits per heavy atom. The quantitative estimate of drug-likeness (QED) is 0.341. The van der Waals surface area contributed by atoms with Crippen molar-refractivity contribution in [1.82, 2.24) is 10.3 Å². The summed E-state index contributed by atoms with van der Waals surface area (Å²) in [6, 6.07) is 10.1. The number of nitrogens with one attached hydrogen (secondary N) is 1. The van der Waals surface area contributed by atoms with Crippen molar-refractivity contribution in [2.45, 2.75) is 18.2 Å². The molecule has 0 saturated heterocycles. The first-order valence-electron chi connectivity index (χ1n) is 10.0. The summed E-state index contributed by atoms with van der Waals surface area (Å²) < 4.78 is 0. The molecule has 1 atom stereocenters. The predicted octanol–water partition coefficient (Wildman–Crippen LogP) is 5.26. The Labute approximate surface area is 192 Å². The summed E-state index contributed by atoms with van der Waals surface area (Å²) in [7, 11) is 0. The average Bonchev–Trinajstić information content (AvgIpc) is 2.97. The highest BCUT2D eigenvalue weighted by Gasteiger charge is 2.20. The molecule has 160 valence electrons. The number of benzene rings is 1. The van der Waals surface area contributed by atoms with Gasteiger partial charge in [-0.05, 0) is 29.0 Å². The lowest BCUT2D eigenvalue weighted by Crippen LogP contribution is -2.25. The van der Waals surface area contributed by atoms with Gasteiger partial charge in [-0.3, -0.25) is 9.78 Å². The zero-order valence-corrected chi connectivity index (χ0v) is 18.7. The second-order valence-electron chi connectivity index (χ2n) is 7.11. The Bertz CT molecular complexity index is 1090. The molecule has 0 aliphatic heterocycles. The summed E-state index contributed by atoms with van der Waals surface area (Å²) in [6.07, 6.45) is 12.0. The van der Waals surface area contributed by atoms with Crippen molar-refractivity contribution < 1.29 is 4.79 Å². The molecule has 2 aromatic rings. The maximum absolute atomic E-state index is 12.7. The van der Waals surface area contributed by atoms with E-state index < -0.39 is 0 Å². The molecule has 1 unspecified atom stereocenters. The topological polar surface area (TPSA) is 68.0 Å². The van der Waals surface area contributed by atoms with Gasteiger partial charge < -0.3 is 11.1 Å². The first-order valence-corrected chi connectivity index (χ1v) is 11.0. The molecule has 0 radical (unpaired) electrons. The lowest BCUT2D eigenvalue weighted by Gasteiger charge is -2.13. The number of rotatable bonds is 7. The van der Waals surface area contributed by atoms with Gasteiger partial charge in [0.1, 0.15) is 0 Å². The number of carbonyl (C=O) groups excluding carboxylic acids is 1. The smallest absolute Gasteiger partial charge is 0.252 e. The number of hydrogen-bond acceptors (Lipinski definition) is 3. The fraction of sp³-hybridized carbons (Fsp3) is 0.200. The van der Waals surface area contributed by atoms with Crippen molar-refractivity contribution in [2.24, 2.45) is 5.73 Å². The normalized spacial score (nSPS) is 17.6. The molecule has 0 bridgehead atoms. The van der Waals surface area contributed by atoms with Crippen molar-refractivity contribution in [1.29, 1.82) is 0 Å². The maximum atomic E-state index is 12.7. The van der Waals surface area contributed by atoms with Crippen molar-refractivity contribution in [3.8, 4) is 0 Å². The summed E-state index contributed by atoms with van der Waals surface area (Å²) in [5, 5.41) is 4.90. The second-order valence-corrected chi connectivity index (χ2v) is 7.90. The van der Waals surface area contributed by atoms with Crippen molar-refractivity contribution >= 4 is 45.5 Å². The number of aromatic nitrogens is 1. The van der Waals surface area contributed by atoms with Gasteiger partial charge in [-0.2, -0.15) is 0 Å². The van der Waals surface area contributed by atoms with Crippen LogP contribution < -0.4 is 11.1 Å². The molecule has 1 aliphatic rings. The largest absolute Gasteiger partial charge is 0.326 e. The van der Waals surface area contributed by atoms with Crippen molar-refractivity contribution in [3.05, 3.63) is 96.0 Å². The fourth-order valence-corrected chi connectivity index (χ4v) is 3.83. The van der Waals surface area contributed by atoms with Crippen LogP contribution in [0.5, 0.6) is 0 Å². The number of fused-ring (bicyclic) bond motifs is 1. The summed E-state index contributed by atoms with van der Waals surface area (Å²) >= 11 is 12.7. The fourth-order valence-electron chi connectivity index (χ4n) is 3.33. The number of nitrogens with zero attached hydrogens (tertiary/aromatic N) is 1. The SMILES string of the molecule is C=C/C(=C\C=C(/CCl)C(=O)NC1=CCC(Cl)C(c2nccc3ccccc23)=CC1)CN. The highest BCUT2D eigenvalue weighted by Crippen LogP contribution is 2.32. The van der Waals surface area contributed by atoms with E-state index in [1.54, 1.807) is 24.4 Å². The van der Waals surface area contributed by atoms with Gasteiger partial charge in [0.05, 0.1) is 17.0 Å². The second kappa shape index (κ2) is 11.1. The molecule has 0 fully saturated rings. The minimum absolute atomic E-state index is 0.0871. The standard InChI is InChI=1S/C25H25Cl2N3O/c1-2-17(16-28)7-8-19(15-26)25(31)30-20-9-11-22(23(27)12-10-20)24-21-6-4-3-5-18(21)13-14-29-24/h2-8,10-11,13-14,23H,1,9,12,15-16,28H2,(H,30,31)/b17-7+,19-8+. The Balaban J connectivity index is 1.80. The monoisotopic (exact) mass is 453 g/mol. The van der Waals surface area contributed by atoms with Crippen LogP contribution in [-0.4, -0.2) is 28.7 Å². The average molecular weight is 454 g/mol. The first-order chi connectivity index (χ1) is 15.1. The first kappa shape index (κ1) is 23.0. The molecule has 31 heavy (non-hydrogen) atoms. The van der Waals surface area contributed by atoms with Crippen LogP contribution in [0.4, 0.5) is 0 Å². The number of hydrogen-bond donors (Lipinski definition) is 2. The lowest BCUT2D eigenvalue weighted by atomic mass is 10.0. The zero-order valence-electron chi connectivity index (χ0n) is 17.2. The van der Waals surface area contributed by atoms with Crippen LogP contribution in [0.1, 0.15) is 18.5 Å². The van der Waals surface area contributed by atoms with E-state index in [9.17, 15) is 4.79 Å². The molecule has 3 N–H and O–H groups in total.